The Kier molecular flexibility index (Phi) is 233. The molecule has 0 fully saturated rings. The Morgan fingerprint density at radius 2 is 0.274 bits per heavy atom. The van der Waals surface area contributed by atoms with Gasteiger partial charge in [-0.05, 0) is 70.1 Å². The number of pyridine rings is 4. The van der Waals surface area contributed by atoms with Crippen LogP contribution in [-0.4, -0.2) is 34.9 Å². The second-order valence-electron chi connectivity index (χ2n) is 13.8. The van der Waals surface area contributed by atoms with E-state index in [4.69, 9.17) is 0 Å². The number of aromatic nitrogens is 7. The zero-order chi connectivity index (χ0) is 51.1. The Morgan fingerprint density at radius 1 is 0.137 bits per heavy atom. The van der Waals surface area contributed by atoms with Crippen molar-refractivity contribution in [2.75, 3.05) is 0 Å². The first-order valence-corrected chi connectivity index (χ1v) is 24.2. The number of thiazole rings is 1. The fraction of sp³-hybridized carbons (Fsp3) is 0. The summed E-state index contributed by atoms with van der Waals surface area (Å²) in [6.07, 6.45) is 22.3. The summed E-state index contributed by atoms with van der Waals surface area (Å²) in [5.41, 5.74) is 1.79. The van der Waals surface area contributed by atoms with Gasteiger partial charge >= 0.3 is 0 Å². The van der Waals surface area contributed by atoms with Crippen molar-refractivity contribution in [2.45, 2.75) is 0 Å². The first-order chi connectivity index (χ1) is 36.4. The molecule has 0 saturated carbocycles. The Hall–Kier alpha value is 14.7. The molecular weight excluding hydrogens is 2870 g/mol. The molecule has 7 aromatic carbocycles. The van der Waals surface area contributed by atoms with Crippen LogP contribution >= 0.6 is 11.3 Å². The maximum Gasteiger partial charge on any atom is 0.0791 e. The molecule has 0 spiro atoms. The van der Waals surface area contributed by atoms with Crippen molar-refractivity contribution in [3.05, 3.63) is 371 Å². The summed E-state index contributed by atoms with van der Waals surface area (Å²) in [6, 6.07) is 92.3. The summed E-state index contributed by atoms with van der Waals surface area (Å²) in [5, 5.41) is 7.17. The van der Waals surface area contributed by atoms with Crippen LogP contribution in [0.2, 0.25) is 0 Å². The van der Waals surface area contributed by atoms with Gasteiger partial charge in [0.15, 0.2) is 0 Å². The molecule has 0 bridgehead atoms. The third-order valence-corrected chi connectivity index (χ3v) is 8.93. The van der Waals surface area contributed by atoms with Gasteiger partial charge in [0.1, 0.15) is 0 Å². The first-order valence-electron chi connectivity index (χ1n) is 23.2. The molecule has 0 atom stereocenters. The second kappa shape index (κ2) is 138. The molecule has 6 heterocycles. The molecule has 0 saturated heterocycles. The second-order valence-corrected chi connectivity index (χ2v) is 14.6. The van der Waals surface area contributed by atoms with E-state index in [1.54, 1.807) is 97.4 Å². The van der Waals surface area contributed by atoms with Crippen molar-refractivity contribution in [1.29, 1.82) is 0 Å². The van der Waals surface area contributed by atoms with Crippen LogP contribution in [0.3, 0.4) is 0 Å². The van der Waals surface area contributed by atoms with E-state index in [-0.39, 0.29) is 720 Å². The monoisotopic (exact) mass is 2930 g/mol. The van der Waals surface area contributed by atoms with E-state index in [0.29, 0.717) is 0 Å². The third-order valence-electron chi connectivity index (χ3n) is 8.41. The van der Waals surface area contributed by atoms with Gasteiger partial charge in [0.25, 0.3) is 0 Å². The number of nitrogens with zero attached hydrogens (tertiary/aromatic N) is 7. The molecule has 7 nitrogen and oxygen atoms in total. The molecule has 95 heavy (non-hydrogen) atoms. The maximum absolute atomic E-state index is 3.78. The van der Waals surface area contributed by atoms with Crippen LogP contribution in [-0.2, 0) is 720 Å². The van der Waals surface area contributed by atoms with Crippen LogP contribution in [0.5, 0.6) is 0 Å². The Morgan fingerprint density at radius 3 is 0.347 bits per heavy atom. The van der Waals surface area contributed by atoms with Crippen molar-refractivity contribution in [2.24, 2.45) is 0 Å². The van der Waals surface area contributed by atoms with E-state index in [2.05, 4.69) is 132 Å². The average Bonchev–Trinajstić information content (AvgIpc) is 1.56. The molecule has 0 unspecified atom stereocenters. The third kappa shape index (κ3) is 115. The summed E-state index contributed by atoms with van der Waals surface area (Å²) in [6.45, 7) is 0. The van der Waals surface area contributed by atoms with E-state index in [1.807, 2.05) is 187 Å². The van der Waals surface area contributed by atoms with E-state index >= 15 is 0 Å². The molecule has 0 aliphatic heterocycles. The van der Waals surface area contributed by atoms with Crippen molar-refractivity contribution in [3.8, 4) is 0 Å². The van der Waals surface area contributed by atoms with Crippen LogP contribution in [0, 0.1) is 0 Å². The largest absolute Gasteiger partial charge is 0.265 e. The SMILES string of the molecule is [Y].[Y].[Y].[Y].[Y].[Y].[Y].[Y].[Y].[Y].[Y].[Y].[Y].[Y].[Y].[Y].[Y].[Y].[Y].[Y].[Y].[Y].c1ccc2ccccc2c1.c1ccc2ccccc2c1.c1ccccc1.c1ccccc1.c1ccccc1.c1ccncc1.c1ccncc1.c1ccncc1.c1ccncc1.c1cnccn1.c1cscn1. The summed E-state index contributed by atoms with van der Waals surface area (Å²) in [7, 11) is 0. The van der Waals surface area contributed by atoms with Crippen molar-refractivity contribution in [1.82, 2.24) is 34.9 Å². The van der Waals surface area contributed by atoms with Gasteiger partial charge in [-0.15, -0.1) is 11.3 Å². The number of rotatable bonds is 0. The smallest absolute Gasteiger partial charge is 0.0791 e. The molecule has 30 heteroatoms. The summed E-state index contributed by atoms with van der Waals surface area (Å²) in [5.74, 6) is 0. The van der Waals surface area contributed by atoms with Gasteiger partial charge in [-0.1, -0.05) is 231 Å². The first kappa shape index (κ1) is 161. The number of benzene rings is 7. The predicted octanol–water partition coefficient (Wildman–Crippen LogP) is 16.6. The van der Waals surface area contributed by atoms with E-state index in [9.17, 15) is 0 Å². The standard InChI is InChI=1S/2C10H8.3C6H6.4C5H5N.C4H4N2.C3H3NS.22Y/c2*1-2-6-10-8-4-3-7-9(10)5-1;7*1-2-4-6-5-3-1;1-2-6-4-3-5-1;1-2-5-3-4-1;;;;;;;;;;;;;;;;;;;;;;/h2*1-8H;3*1-6H;4*1-5H;1-4H;1-3H;;;;;;;;;;;;;;;;;;;;;;. The molecular formula is C65H61N7SY22. The topological polar surface area (TPSA) is 90.2 Å². The summed E-state index contributed by atoms with van der Waals surface area (Å²) < 4.78 is 0. The van der Waals surface area contributed by atoms with Crippen LogP contribution in [0.1, 0.15) is 0 Å². The molecule has 428 valence electrons. The van der Waals surface area contributed by atoms with Crippen LogP contribution in [0.15, 0.2) is 371 Å². The molecule has 0 amide bonds. The van der Waals surface area contributed by atoms with Gasteiger partial charge in [0, 0.05) is 806 Å². The molecule has 13 rings (SSSR count). The van der Waals surface area contributed by atoms with E-state index < -0.39 is 0 Å². The zero-order valence-electron chi connectivity index (χ0n) is 53.5. The number of hydrogen-bond acceptors (Lipinski definition) is 8. The average molecular weight is 2930 g/mol. The zero-order valence-corrected chi connectivity index (χ0v) is 117. The maximum atomic E-state index is 3.78. The molecule has 0 aliphatic carbocycles. The van der Waals surface area contributed by atoms with Gasteiger partial charge in [-0.25, -0.2) is 0 Å². The molecule has 0 N–H and O–H groups in total. The van der Waals surface area contributed by atoms with Crippen molar-refractivity contribution in [3.63, 3.8) is 0 Å². The van der Waals surface area contributed by atoms with Gasteiger partial charge in [0.2, 0.25) is 0 Å². The quantitative estimate of drug-likeness (QED) is 0.149. The van der Waals surface area contributed by atoms with Crippen LogP contribution < -0.4 is 0 Å². The van der Waals surface area contributed by atoms with E-state index in [1.165, 1.54) is 21.5 Å². The number of fused-ring (bicyclic) bond motifs is 2. The van der Waals surface area contributed by atoms with Gasteiger partial charge in [0.05, 0.1) is 5.51 Å². The van der Waals surface area contributed by atoms with Gasteiger partial charge in [-0.3, -0.25) is 34.9 Å². The van der Waals surface area contributed by atoms with Crippen molar-refractivity contribution < 1.29 is 720 Å². The predicted molar refractivity (Wildman–Crippen MR) is 308 cm³/mol. The normalized spacial score (nSPS) is 6.57. The van der Waals surface area contributed by atoms with Crippen molar-refractivity contribution >= 4 is 32.9 Å². The minimum absolute atomic E-state index is 0. The molecule has 6 aromatic heterocycles. The van der Waals surface area contributed by atoms with Crippen LogP contribution in [0.4, 0.5) is 0 Å². The Labute approximate surface area is 1130 Å². The summed E-state index contributed by atoms with van der Waals surface area (Å²) in [4.78, 5) is 26.3. The Bertz CT molecular complexity index is 2250. The minimum Gasteiger partial charge on any atom is -0.265 e. The molecule has 22 radical (unpaired) electrons. The number of hydrogen-bond donors (Lipinski definition) is 0. The van der Waals surface area contributed by atoms with Crippen LogP contribution in [0.25, 0.3) is 21.5 Å². The molecule has 13 aromatic rings. The van der Waals surface area contributed by atoms with Gasteiger partial charge < -0.3 is 0 Å². The Balaban J connectivity index is -0.0000000356. The minimum atomic E-state index is 0. The van der Waals surface area contributed by atoms with Gasteiger partial charge in [-0.2, -0.15) is 0 Å². The summed E-state index contributed by atoms with van der Waals surface area (Å²) >= 11 is 1.60. The van der Waals surface area contributed by atoms with E-state index in [0.717, 1.165) is 0 Å². The fourth-order valence-corrected chi connectivity index (χ4v) is 5.45. The fourth-order valence-electron chi connectivity index (χ4n) is 5.10. The molecule has 0 aliphatic rings.